The van der Waals surface area contributed by atoms with Crippen molar-refractivity contribution in [3.63, 3.8) is 0 Å². The van der Waals surface area contributed by atoms with Crippen molar-refractivity contribution in [1.29, 1.82) is 0 Å². The molecule has 0 aromatic carbocycles. The average molecular weight is 228 g/mol. The third kappa shape index (κ3) is 4.81. The first kappa shape index (κ1) is 13.9. The van der Waals surface area contributed by atoms with Crippen LogP contribution in [0.4, 0.5) is 0 Å². The van der Waals surface area contributed by atoms with Gasteiger partial charge in [-0.2, -0.15) is 0 Å². The van der Waals surface area contributed by atoms with E-state index < -0.39 is 0 Å². The van der Waals surface area contributed by atoms with Crippen LogP contribution in [0.2, 0.25) is 0 Å². The molecule has 0 aliphatic heterocycles. The SMILES string of the molecule is CCOC1CC(NCCCN(C)C(C)C)C1. The summed E-state index contributed by atoms with van der Waals surface area (Å²) in [6, 6.07) is 1.37. The van der Waals surface area contributed by atoms with Crippen LogP contribution in [0.1, 0.15) is 40.0 Å². The molecule has 3 nitrogen and oxygen atoms in total. The Morgan fingerprint density at radius 3 is 2.62 bits per heavy atom. The molecule has 0 aromatic heterocycles. The summed E-state index contributed by atoms with van der Waals surface area (Å²) < 4.78 is 5.54. The maximum Gasteiger partial charge on any atom is 0.0604 e. The van der Waals surface area contributed by atoms with E-state index in [4.69, 9.17) is 4.74 Å². The molecule has 0 bridgehead atoms. The van der Waals surface area contributed by atoms with Crippen LogP contribution in [0.5, 0.6) is 0 Å². The number of nitrogens with zero attached hydrogens (tertiary/aromatic N) is 1. The Hall–Kier alpha value is -0.120. The molecule has 0 aromatic rings. The molecule has 1 fully saturated rings. The van der Waals surface area contributed by atoms with E-state index in [1.165, 1.54) is 25.8 Å². The lowest BCUT2D eigenvalue weighted by molar-refractivity contribution is -0.00984. The quantitative estimate of drug-likeness (QED) is 0.642. The van der Waals surface area contributed by atoms with Crippen molar-refractivity contribution in [3.05, 3.63) is 0 Å². The molecule has 0 amide bonds. The number of ether oxygens (including phenoxy) is 1. The maximum absolute atomic E-state index is 5.54. The second kappa shape index (κ2) is 7.25. The fourth-order valence-electron chi connectivity index (χ4n) is 2.00. The molecule has 1 aliphatic carbocycles. The summed E-state index contributed by atoms with van der Waals surface area (Å²) in [7, 11) is 2.19. The predicted molar refractivity (Wildman–Crippen MR) is 68.8 cm³/mol. The molecule has 1 aliphatic rings. The molecule has 0 atom stereocenters. The smallest absolute Gasteiger partial charge is 0.0604 e. The molecule has 1 N–H and O–H groups in total. The minimum absolute atomic E-state index is 0.529. The summed E-state index contributed by atoms with van der Waals surface area (Å²) in [5.41, 5.74) is 0. The predicted octanol–water partition coefficient (Wildman–Crippen LogP) is 1.87. The van der Waals surface area contributed by atoms with Crippen molar-refractivity contribution in [1.82, 2.24) is 10.2 Å². The van der Waals surface area contributed by atoms with Gasteiger partial charge in [-0.1, -0.05) is 0 Å². The van der Waals surface area contributed by atoms with Gasteiger partial charge in [0.15, 0.2) is 0 Å². The standard InChI is InChI=1S/C13H28N2O/c1-5-16-13-9-12(10-13)14-7-6-8-15(4)11(2)3/h11-14H,5-10H2,1-4H3. The monoisotopic (exact) mass is 228 g/mol. The molecule has 0 saturated heterocycles. The molecule has 0 spiro atoms. The van der Waals surface area contributed by atoms with Gasteiger partial charge in [-0.25, -0.2) is 0 Å². The Kier molecular flexibility index (Phi) is 6.32. The lowest BCUT2D eigenvalue weighted by Gasteiger charge is -2.35. The Labute approximate surface area is 101 Å². The highest BCUT2D eigenvalue weighted by Crippen LogP contribution is 2.22. The van der Waals surface area contributed by atoms with Gasteiger partial charge in [0, 0.05) is 18.7 Å². The van der Waals surface area contributed by atoms with Crippen molar-refractivity contribution in [3.8, 4) is 0 Å². The lowest BCUT2D eigenvalue weighted by Crippen LogP contribution is -2.46. The fourth-order valence-corrected chi connectivity index (χ4v) is 2.00. The number of nitrogens with one attached hydrogen (secondary N) is 1. The van der Waals surface area contributed by atoms with Gasteiger partial charge in [0.25, 0.3) is 0 Å². The normalized spacial score (nSPS) is 25.1. The molecule has 0 heterocycles. The van der Waals surface area contributed by atoms with Crippen LogP contribution in [0.25, 0.3) is 0 Å². The second-order valence-electron chi connectivity index (χ2n) is 5.13. The Balaban J connectivity index is 1.90. The van der Waals surface area contributed by atoms with Crippen LogP contribution in [-0.4, -0.2) is 49.8 Å². The van der Waals surface area contributed by atoms with E-state index >= 15 is 0 Å². The first-order valence-electron chi connectivity index (χ1n) is 6.68. The van der Waals surface area contributed by atoms with Crippen LogP contribution < -0.4 is 5.32 Å². The van der Waals surface area contributed by atoms with E-state index in [9.17, 15) is 0 Å². The van der Waals surface area contributed by atoms with E-state index in [1.54, 1.807) is 0 Å². The number of rotatable bonds is 8. The Morgan fingerprint density at radius 2 is 2.06 bits per heavy atom. The van der Waals surface area contributed by atoms with Crippen LogP contribution in [-0.2, 0) is 4.74 Å². The summed E-state index contributed by atoms with van der Waals surface area (Å²) in [6.07, 6.45) is 4.17. The van der Waals surface area contributed by atoms with Crippen molar-refractivity contribution in [2.45, 2.75) is 58.2 Å². The summed E-state index contributed by atoms with van der Waals surface area (Å²) in [4.78, 5) is 2.39. The largest absolute Gasteiger partial charge is 0.378 e. The van der Waals surface area contributed by atoms with Gasteiger partial charge < -0.3 is 15.0 Å². The molecular formula is C13H28N2O. The van der Waals surface area contributed by atoms with Gasteiger partial charge in [0.05, 0.1) is 6.10 Å². The van der Waals surface area contributed by atoms with Gasteiger partial charge in [-0.05, 0) is 60.2 Å². The van der Waals surface area contributed by atoms with Crippen molar-refractivity contribution in [2.75, 3.05) is 26.7 Å². The highest BCUT2D eigenvalue weighted by molar-refractivity contribution is 4.85. The molecule has 1 rings (SSSR count). The topological polar surface area (TPSA) is 24.5 Å². The molecule has 3 heteroatoms. The second-order valence-corrected chi connectivity index (χ2v) is 5.13. The highest BCUT2D eigenvalue weighted by atomic mass is 16.5. The zero-order chi connectivity index (χ0) is 12.0. The van der Waals surface area contributed by atoms with Crippen LogP contribution in [0.15, 0.2) is 0 Å². The fraction of sp³-hybridized carbons (Fsp3) is 1.00. The number of hydrogen-bond acceptors (Lipinski definition) is 3. The first-order valence-corrected chi connectivity index (χ1v) is 6.68. The molecule has 0 unspecified atom stereocenters. The summed E-state index contributed by atoms with van der Waals surface area (Å²) in [5, 5.41) is 3.60. The summed E-state index contributed by atoms with van der Waals surface area (Å²) >= 11 is 0. The number of hydrogen-bond donors (Lipinski definition) is 1. The van der Waals surface area contributed by atoms with E-state index in [-0.39, 0.29) is 0 Å². The minimum Gasteiger partial charge on any atom is -0.378 e. The van der Waals surface area contributed by atoms with Gasteiger partial charge in [-0.15, -0.1) is 0 Å². The summed E-state index contributed by atoms with van der Waals surface area (Å²) in [5.74, 6) is 0. The van der Waals surface area contributed by atoms with Crippen LogP contribution in [0, 0.1) is 0 Å². The van der Waals surface area contributed by atoms with Crippen molar-refractivity contribution < 1.29 is 4.74 Å². The third-order valence-corrected chi connectivity index (χ3v) is 3.50. The van der Waals surface area contributed by atoms with Crippen LogP contribution in [0.3, 0.4) is 0 Å². The first-order chi connectivity index (χ1) is 7.63. The van der Waals surface area contributed by atoms with Gasteiger partial charge in [0.2, 0.25) is 0 Å². The van der Waals surface area contributed by atoms with Crippen molar-refractivity contribution >= 4 is 0 Å². The minimum atomic E-state index is 0.529. The van der Waals surface area contributed by atoms with E-state index in [0.717, 1.165) is 13.2 Å². The Bertz CT molecular complexity index is 179. The van der Waals surface area contributed by atoms with E-state index in [2.05, 4.69) is 38.0 Å². The van der Waals surface area contributed by atoms with E-state index in [0.29, 0.717) is 18.2 Å². The molecule has 0 radical (unpaired) electrons. The molecule has 96 valence electrons. The molecular weight excluding hydrogens is 200 g/mol. The van der Waals surface area contributed by atoms with Crippen molar-refractivity contribution in [2.24, 2.45) is 0 Å². The van der Waals surface area contributed by atoms with Gasteiger partial charge >= 0.3 is 0 Å². The highest BCUT2D eigenvalue weighted by Gasteiger charge is 2.28. The summed E-state index contributed by atoms with van der Waals surface area (Å²) in [6.45, 7) is 9.74. The zero-order valence-electron chi connectivity index (χ0n) is 11.3. The molecule has 1 saturated carbocycles. The lowest BCUT2D eigenvalue weighted by atomic mass is 9.89. The van der Waals surface area contributed by atoms with Gasteiger partial charge in [0.1, 0.15) is 0 Å². The van der Waals surface area contributed by atoms with E-state index in [1.807, 2.05) is 0 Å². The average Bonchev–Trinajstić information content (AvgIpc) is 2.19. The molecule has 16 heavy (non-hydrogen) atoms. The van der Waals surface area contributed by atoms with Crippen LogP contribution >= 0.6 is 0 Å². The Morgan fingerprint density at radius 1 is 1.38 bits per heavy atom. The zero-order valence-corrected chi connectivity index (χ0v) is 11.3. The van der Waals surface area contributed by atoms with Gasteiger partial charge in [-0.3, -0.25) is 0 Å². The maximum atomic E-state index is 5.54. The third-order valence-electron chi connectivity index (χ3n) is 3.50.